The molecule has 0 bridgehead atoms. The maximum Gasteiger partial charge on any atom is 0.315 e. The second kappa shape index (κ2) is 8.92. The van der Waals surface area contributed by atoms with Gasteiger partial charge in [-0.05, 0) is 56.7 Å². The lowest BCUT2D eigenvalue weighted by Crippen LogP contribution is -2.39. The lowest BCUT2D eigenvalue weighted by atomic mass is 10.0. The van der Waals surface area contributed by atoms with Crippen LogP contribution in [0.25, 0.3) is 0 Å². The van der Waals surface area contributed by atoms with Gasteiger partial charge in [-0.3, -0.25) is 0 Å². The molecule has 1 heterocycles. The molecule has 1 saturated heterocycles. The summed E-state index contributed by atoms with van der Waals surface area (Å²) in [5.74, 6) is 0.254. The normalized spacial score (nSPS) is 18.1. The Balaban J connectivity index is 1.84. The van der Waals surface area contributed by atoms with E-state index in [1.807, 2.05) is 13.8 Å². The molecule has 2 amide bonds. The summed E-state index contributed by atoms with van der Waals surface area (Å²) in [6, 6.07) is 8.22. The van der Waals surface area contributed by atoms with E-state index in [2.05, 4.69) is 39.8 Å². The summed E-state index contributed by atoms with van der Waals surface area (Å²) in [5, 5.41) is 15.2. The highest BCUT2D eigenvalue weighted by molar-refractivity contribution is 5.74. The molecule has 1 aromatic carbocycles. The molecule has 3 N–H and O–H groups in total. The van der Waals surface area contributed by atoms with Gasteiger partial charge in [0.1, 0.15) is 0 Å². The molecular formula is C19H31N3O2. The van der Waals surface area contributed by atoms with Crippen molar-refractivity contribution in [2.75, 3.05) is 24.5 Å². The van der Waals surface area contributed by atoms with E-state index in [9.17, 15) is 9.90 Å². The Morgan fingerprint density at radius 1 is 1.25 bits per heavy atom. The van der Waals surface area contributed by atoms with Gasteiger partial charge in [-0.15, -0.1) is 0 Å². The summed E-state index contributed by atoms with van der Waals surface area (Å²) in [6.45, 7) is 8.60. The van der Waals surface area contributed by atoms with Crippen molar-refractivity contribution in [3.8, 4) is 0 Å². The molecule has 0 aliphatic carbocycles. The van der Waals surface area contributed by atoms with Crippen LogP contribution in [-0.4, -0.2) is 36.9 Å². The molecule has 134 valence electrons. The number of nitrogens with one attached hydrogen (secondary N) is 2. The topological polar surface area (TPSA) is 64.6 Å². The van der Waals surface area contributed by atoms with E-state index in [1.165, 1.54) is 18.5 Å². The van der Waals surface area contributed by atoms with Crippen molar-refractivity contribution in [3.05, 3.63) is 29.8 Å². The lowest BCUT2D eigenvalue weighted by molar-refractivity contribution is 0.163. The van der Waals surface area contributed by atoms with Crippen LogP contribution < -0.4 is 15.5 Å². The van der Waals surface area contributed by atoms with E-state index >= 15 is 0 Å². The summed E-state index contributed by atoms with van der Waals surface area (Å²) >= 11 is 0. The number of urea groups is 1. The van der Waals surface area contributed by atoms with Crippen LogP contribution >= 0.6 is 0 Å². The number of carbonyl (C=O) groups excluding carboxylic acids is 1. The molecule has 5 heteroatoms. The zero-order chi connectivity index (χ0) is 17.5. The van der Waals surface area contributed by atoms with Crippen molar-refractivity contribution in [2.45, 2.75) is 52.2 Å². The highest BCUT2D eigenvalue weighted by Gasteiger charge is 2.15. The number of nitrogens with zero attached hydrogens (tertiary/aromatic N) is 1. The largest absolute Gasteiger partial charge is 0.393 e. The van der Waals surface area contributed by atoms with Crippen LogP contribution in [-0.2, 0) is 0 Å². The first-order chi connectivity index (χ1) is 11.5. The number of carbonyl (C=O) groups is 1. The molecule has 1 fully saturated rings. The smallest absolute Gasteiger partial charge is 0.315 e. The van der Waals surface area contributed by atoms with Gasteiger partial charge in [0.05, 0.1) is 12.1 Å². The van der Waals surface area contributed by atoms with Gasteiger partial charge in [0, 0.05) is 25.3 Å². The Hall–Kier alpha value is -1.75. The highest BCUT2D eigenvalue weighted by Crippen LogP contribution is 2.23. The van der Waals surface area contributed by atoms with Crippen LogP contribution in [0, 0.1) is 5.92 Å². The number of aliphatic hydroxyl groups excluding tert-OH is 1. The van der Waals surface area contributed by atoms with Crippen molar-refractivity contribution in [3.63, 3.8) is 0 Å². The van der Waals surface area contributed by atoms with Crippen LogP contribution in [0.5, 0.6) is 0 Å². The van der Waals surface area contributed by atoms with Crippen molar-refractivity contribution >= 4 is 11.7 Å². The first-order valence-corrected chi connectivity index (χ1v) is 9.03. The number of amides is 2. The number of benzene rings is 1. The maximum absolute atomic E-state index is 12.1. The SMILES string of the molecule is CC(O)CC(C)CNC(=O)NC(C)c1cccc(N2CCCC2)c1. The van der Waals surface area contributed by atoms with E-state index in [4.69, 9.17) is 0 Å². The molecular weight excluding hydrogens is 302 g/mol. The third-order valence-electron chi connectivity index (χ3n) is 4.54. The Kier molecular flexibility index (Phi) is 6.91. The van der Waals surface area contributed by atoms with Crippen molar-refractivity contribution in [1.82, 2.24) is 10.6 Å². The molecule has 2 rings (SSSR count). The summed E-state index contributed by atoms with van der Waals surface area (Å²) in [4.78, 5) is 14.5. The highest BCUT2D eigenvalue weighted by atomic mass is 16.3. The average Bonchev–Trinajstić information content (AvgIpc) is 3.07. The van der Waals surface area contributed by atoms with Crippen LogP contribution in [0.1, 0.15) is 51.6 Å². The third kappa shape index (κ3) is 5.71. The summed E-state index contributed by atoms with van der Waals surface area (Å²) in [7, 11) is 0. The van der Waals surface area contributed by atoms with Crippen LogP contribution in [0.15, 0.2) is 24.3 Å². The van der Waals surface area contributed by atoms with Gasteiger partial charge >= 0.3 is 6.03 Å². The van der Waals surface area contributed by atoms with Gasteiger partial charge in [0.25, 0.3) is 0 Å². The molecule has 0 aromatic heterocycles. The molecule has 24 heavy (non-hydrogen) atoms. The summed E-state index contributed by atoms with van der Waals surface area (Å²) < 4.78 is 0. The minimum absolute atomic E-state index is 0.0420. The zero-order valence-electron chi connectivity index (χ0n) is 15.1. The number of hydrogen-bond acceptors (Lipinski definition) is 3. The van der Waals surface area contributed by atoms with E-state index in [0.29, 0.717) is 13.0 Å². The van der Waals surface area contributed by atoms with Crippen molar-refractivity contribution in [1.29, 1.82) is 0 Å². The van der Waals surface area contributed by atoms with E-state index in [0.717, 1.165) is 18.7 Å². The van der Waals surface area contributed by atoms with E-state index in [-0.39, 0.29) is 24.1 Å². The van der Waals surface area contributed by atoms with Crippen molar-refractivity contribution < 1.29 is 9.90 Å². The molecule has 5 nitrogen and oxygen atoms in total. The maximum atomic E-state index is 12.1. The molecule has 1 aliphatic rings. The van der Waals surface area contributed by atoms with Gasteiger partial charge in [-0.1, -0.05) is 19.1 Å². The number of rotatable bonds is 7. The molecule has 1 aliphatic heterocycles. The minimum atomic E-state index is -0.336. The number of hydrogen-bond donors (Lipinski definition) is 3. The van der Waals surface area contributed by atoms with Gasteiger partial charge in [-0.2, -0.15) is 0 Å². The average molecular weight is 333 g/mol. The fraction of sp³-hybridized carbons (Fsp3) is 0.632. The second-order valence-corrected chi connectivity index (χ2v) is 7.06. The molecule has 0 saturated carbocycles. The Morgan fingerprint density at radius 3 is 2.62 bits per heavy atom. The van der Waals surface area contributed by atoms with E-state index in [1.54, 1.807) is 6.92 Å². The fourth-order valence-electron chi connectivity index (χ4n) is 3.23. The first kappa shape index (κ1) is 18.6. The number of aliphatic hydroxyl groups is 1. The monoisotopic (exact) mass is 333 g/mol. The second-order valence-electron chi connectivity index (χ2n) is 7.06. The van der Waals surface area contributed by atoms with Gasteiger partial charge < -0.3 is 20.6 Å². The predicted molar refractivity (Wildman–Crippen MR) is 98.3 cm³/mol. The van der Waals surface area contributed by atoms with Crippen LogP contribution in [0.4, 0.5) is 10.5 Å². The molecule has 3 unspecified atom stereocenters. The molecule has 1 aromatic rings. The van der Waals surface area contributed by atoms with Crippen molar-refractivity contribution in [2.24, 2.45) is 5.92 Å². The molecule has 3 atom stereocenters. The molecule has 0 spiro atoms. The van der Waals surface area contributed by atoms with Crippen LogP contribution in [0.2, 0.25) is 0 Å². The zero-order valence-corrected chi connectivity index (χ0v) is 15.1. The fourth-order valence-corrected chi connectivity index (χ4v) is 3.23. The number of anilines is 1. The Morgan fingerprint density at radius 2 is 1.96 bits per heavy atom. The van der Waals surface area contributed by atoms with Gasteiger partial charge in [0.2, 0.25) is 0 Å². The third-order valence-corrected chi connectivity index (χ3v) is 4.54. The van der Waals surface area contributed by atoms with Crippen LogP contribution in [0.3, 0.4) is 0 Å². The minimum Gasteiger partial charge on any atom is -0.393 e. The Bertz CT molecular complexity index is 527. The quantitative estimate of drug-likeness (QED) is 0.718. The van der Waals surface area contributed by atoms with Gasteiger partial charge in [0.15, 0.2) is 0 Å². The standard InChI is InChI=1S/C19H31N3O2/c1-14(11-15(2)23)13-20-19(24)21-16(3)17-7-6-8-18(12-17)22-9-4-5-10-22/h6-8,12,14-16,23H,4-5,9-11,13H2,1-3H3,(H2,20,21,24). The lowest BCUT2D eigenvalue weighted by Gasteiger charge is -2.21. The molecule has 0 radical (unpaired) electrons. The van der Waals surface area contributed by atoms with E-state index < -0.39 is 0 Å². The van der Waals surface area contributed by atoms with Gasteiger partial charge in [-0.25, -0.2) is 4.79 Å². The first-order valence-electron chi connectivity index (χ1n) is 9.03. The summed E-state index contributed by atoms with van der Waals surface area (Å²) in [6.07, 6.45) is 2.86. The predicted octanol–water partition coefficient (Wildman–Crippen LogP) is 3.05. The Labute approximate surface area is 145 Å². The summed E-state index contributed by atoms with van der Waals surface area (Å²) in [5.41, 5.74) is 2.36.